The highest BCUT2D eigenvalue weighted by Crippen LogP contribution is 2.25. The Hall–Kier alpha value is -3.54. The molecule has 1 amide bonds. The smallest absolute Gasteiger partial charge is 0.251 e. The molecule has 3 aromatic rings. The van der Waals surface area contributed by atoms with Gasteiger partial charge in [0.2, 0.25) is 0 Å². The van der Waals surface area contributed by atoms with E-state index in [2.05, 4.69) is 10.3 Å². The van der Waals surface area contributed by atoms with Gasteiger partial charge in [-0.25, -0.2) is 0 Å². The molecule has 0 aliphatic heterocycles. The number of pyridine rings is 1. The van der Waals surface area contributed by atoms with E-state index in [1.807, 2.05) is 31.2 Å². The number of hydrogen-bond donors (Lipinski definition) is 1. The number of aryl methyl sites for hydroxylation is 1. The lowest BCUT2D eigenvalue weighted by atomic mass is 10.1. The fraction of sp³-hybridized carbons (Fsp3) is 0.182. The van der Waals surface area contributed by atoms with Crippen LogP contribution >= 0.6 is 0 Å². The second-order valence-corrected chi connectivity index (χ2v) is 6.05. The van der Waals surface area contributed by atoms with Crippen LogP contribution in [0, 0.1) is 6.92 Å². The van der Waals surface area contributed by atoms with E-state index in [1.54, 1.807) is 49.8 Å². The molecule has 6 nitrogen and oxygen atoms in total. The van der Waals surface area contributed by atoms with Crippen molar-refractivity contribution in [1.82, 2.24) is 10.3 Å². The third kappa shape index (κ3) is 5.23. The van der Waals surface area contributed by atoms with Crippen LogP contribution < -0.4 is 19.5 Å². The number of hydrogen-bond acceptors (Lipinski definition) is 5. The number of ether oxygens (including phenoxy) is 3. The summed E-state index contributed by atoms with van der Waals surface area (Å²) in [6.07, 6.45) is 3.31. The first kappa shape index (κ1) is 19.2. The first-order valence-corrected chi connectivity index (χ1v) is 8.89. The average Bonchev–Trinajstić information content (AvgIpc) is 2.73. The maximum atomic E-state index is 12.4. The van der Waals surface area contributed by atoms with Crippen molar-refractivity contribution in [3.8, 4) is 23.0 Å². The van der Waals surface area contributed by atoms with Gasteiger partial charge in [-0.15, -0.1) is 0 Å². The van der Waals surface area contributed by atoms with E-state index >= 15 is 0 Å². The second-order valence-electron chi connectivity index (χ2n) is 6.05. The lowest BCUT2D eigenvalue weighted by Gasteiger charge is -2.11. The standard InChI is InChI=1S/C22H22N2O4/c1-16-6-7-17(14-21(16)28-18-8-10-23-11-9-18)22(25)24-12-13-27-20-5-3-4-19(15-20)26-2/h3-11,14-15H,12-13H2,1-2H3,(H,24,25). The molecule has 0 saturated heterocycles. The number of benzene rings is 2. The van der Waals surface area contributed by atoms with E-state index in [0.717, 1.165) is 11.3 Å². The fourth-order valence-electron chi connectivity index (χ4n) is 2.51. The SMILES string of the molecule is COc1cccc(OCCNC(=O)c2ccc(C)c(Oc3ccncc3)c2)c1. The number of nitrogens with zero attached hydrogens (tertiary/aromatic N) is 1. The van der Waals surface area contributed by atoms with Gasteiger partial charge in [0, 0.05) is 24.0 Å². The van der Waals surface area contributed by atoms with Crippen LogP contribution in [0.4, 0.5) is 0 Å². The molecule has 0 spiro atoms. The molecular weight excluding hydrogens is 356 g/mol. The van der Waals surface area contributed by atoms with Crippen molar-refractivity contribution >= 4 is 5.91 Å². The molecule has 0 atom stereocenters. The molecule has 28 heavy (non-hydrogen) atoms. The van der Waals surface area contributed by atoms with Crippen LogP contribution in [0.15, 0.2) is 67.0 Å². The summed E-state index contributed by atoms with van der Waals surface area (Å²) in [5.74, 6) is 2.53. The van der Waals surface area contributed by atoms with Crippen LogP contribution in [0.2, 0.25) is 0 Å². The molecule has 2 aromatic carbocycles. The van der Waals surface area contributed by atoms with E-state index < -0.39 is 0 Å². The largest absolute Gasteiger partial charge is 0.497 e. The first-order valence-electron chi connectivity index (χ1n) is 8.89. The fourth-order valence-corrected chi connectivity index (χ4v) is 2.51. The first-order chi connectivity index (χ1) is 13.7. The zero-order valence-corrected chi connectivity index (χ0v) is 15.8. The second kappa shape index (κ2) is 9.41. The number of aromatic nitrogens is 1. The topological polar surface area (TPSA) is 69.7 Å². The van der Waals surface area contributed by atoms with Gasteiger partial charge in [-0.05, 0) is 48.9 Å². The monoisotopic (exact) mass is 378 g/mol. The quantitative estimate of drug-likeness (QED) is 0.600. The van der Waals surface area contributed by atoms with Crippen molar-refractivity contribution in [1.29, 1.82) is 0 Å². The van der Waals surface area contributed by atoms with Crippen molar-refractivity contribution in [3.63, 3.8) is 0 Å². The summed E-state index contributed by atoms with van der Waals surface area (Å²) in [5, 5.41) is 2.85. The highest BCUT2D eigenvalue weighted by Gasteiger charge is 2.09. The third-order valence-electron chi connectivity index (χ3n) is 4.03. The molecule has 1 aromatic heterocycles. The van der Waals surface area contributed by atoms with Crippen LogP contribution in [-0.2, 0) is 0 Å². The predicted molar refractivity (Wildman–Crippen MR) is 106 cm³/mol. The van der Waals surface area contributed by atoms with Crippen molar-refractivity contribution in [2.75, 3.05) is 20.3 Å². The molecule has 0 saturated carbocycles. The maximum absolute atomic E-state index is 12.4. The van der Waals surface area contributed by atoms with Gasteiger partial charge >= 0.3 is 0 Å². The number of nitrogens with one attached hydrogen (secondary N) is 1. The minimum Gasteiger partial charge on any atom is -0.497 e. The van der Waals surface area contributed by atoms with Gasteiger partial charge in [0.25, 0.3) is 5.91 Å². The number of methoxy groups -OCH3 is 1. The molecule has 0 fully saturated rings. The number of carbonyl (C=O) groups is 1. The van der Waals surface area contributed by atoms with Crippen molar-refractivity contribution in [3.05, 3.63) is 78.1 Å². The molecular formula is C22H22N2O4. The van der Waals surface area contributed by atoms with Gasteiger partial charge in [0.05, 0.1) is 13.7 Å². The molecule has 0 radical (unpaired) electrons. The van der Waals surface area contributed by atoms with E-state index in [4.69, 9.17) is 14.2 Å². The van der Waals surface area contributed by atoms with Gasteiger partial charge in [-0.1, -0.05) is 12.1 Å². The Morgan fingerprint density at radius 1 is 1.00 bits per heavy atom. The Bertz CT molecular complexity index is 929. The summed E-state index contributed by atoms with van der Waals surface area (Å²) in [4.78, 5) is 16.4. The molecule has 0 aliphatic carbocycles. The number of rotatable bonds is 8. The van der Waals surface area contributed by atoms with Crippen molar-refractivity contribution in [2.24, 2.45) is 0 Å². The molecule has 0 bridgehead atoms. The van der Waals surface area contributed by atoms with Crippen LogP contribution in [0.1, 0.15) is 15.9 Å². The molecule has 0 aliphatic rings. The minimum absolute atomic E-state index is 0.186. The van der Waals surface area contributed by atoms with Gasteiger partial charge < -0.3 is 19.5 Å². The lowest BCUT2D eigenvalue weighted by molar-refractivity contribution is 0.0946. The summed E-state index contributed by atoms with van der Waals surface area (Å²) < 4.78 is 16.6. The number of amides is 1. The summed E-state index contributed by atoms with van der Waals surface area (Å²) in [6.45, 7) is 2.66. The van der Waals surface area contributed by atoms with Crippen LogP contribution in [-0.4, -0.2) is 31.2 Å². The normalized spacial score (nSPS) is 10.2. The Morgan fingerprint density at radius 2 is 1.79 bits per heavy atom. The van der Waals surface area contributed by atoms with Crippen LogP contribution in [0.25, 0.3) is 0 Å². The summed E-state index contributed by atoms with van der Waals surface area (Å²) in [6, 6.07) is 16.2. The highest BCUT2D eigenvalue weighted by molar-refractivity contribution is 5.94. The Balaban J connectivity index is 1.54. The van der Waals surface area contributed by atoms with E-state index in [1.165, 1.54) is 0 Å². The molecule has 1 N–H and O–H groups in total. The summed E-state index contributed by atoms with van der Waals surface area (Å²) >= 11 is 0. The van der Waals surface area contributed by atoms with Crippen molar-refractivity contribution in [2.45, 2.75) is 6.92 Å². The summed E-state index contributed by atoms with van der Waals surface area (Å²) in [7, 11) is 1.60. The predicted octanol–water partition coefficient (Wildman–Crippen LogP) is 4.00. The molecule has 144 valence electrons. The molecule has 6 heteroatoms. The summed E-state index contributed by atoms with van der Waals surface area (Å²) in [5.41, 5.74) is 1.46. The van der Waals surface area contributed by atoms with E-state index in [-0.39, 0.29) is 5.91 Å². The lowest BCUT2D eigenvalue weighted by Crippen LogP contribution is -2.28. The Morgan fingerprint density at radius 3 is 2.57 bits per heavy atom. The number of carbonyl (C=O) groups excluding carboxylic acids is 1. The van der Waals surface area contributed by atoms with E-state index in [0.29, 0.717) is 36.0 Å². The minimum atomic E-state index is -0.186. The van der Waals surface area contributed by atoms with Crippen LogP contribution in [0.3, 0.4) is 0 Å². The van der Waals surface area contributed by atoms with Gasteiger partial charge in [-0.3, -0.25) is 9.78 Å². The molecule has 1 heterocycles. The zero-order valence-electron chi connectivity index (χ0n) is 15.8. The molecule has 0 unspecified atom stereocenters. The van der Waals surface area contributed by atoms with Crippen molar-refractivity contribution < 1.29 is 19.0 Å². The van der Waals surface area contributed by atoms with Crippen LogP contribution in [0.5, 0.6) is 23.0 Å². The third-order valence-corrected chi connectivity index (χ3v) is 4.03. The zero-order chi connectivity index (χ0) is 19.8. The van der Waals surface area contributed by atoms with E-state index in [9.17, 15) is 4.79 Å². The van der Waals surface area contributed by atoms with Gasteiger partial charge in [0.15, 0.2) is 0 Å². The van der Waals surface area contributed by atoms with Gasteiger partial charge in [0.1, 0.15) is 29.6 Å². The highest BCUT2D eigenvalue weighted by atomic mass is 16.5. The Labute approximate surface area is 164 Å². The Kier molecular flexibility index (Phi) is 6.46. The average molecular weight is 378 g/mol. The maximum Gasteiger partial charge on any atom is 0.251 e. The molecule has 3 rings (SSSR count). The van der Waals surface area contributed by atoms with Gasteiger partial charge in [-0.2, -0.15) is 0 Å².